The third-order valence-corrected chi connectivity index (χ3v) is 3.35. The summed E-state index contributed by atoms with van der Waals surface area (Å²) < 4.78 is 0. The zero-order chi connectivity index (χ0) is 6.06. The van der Waals surface area contributed by atoms with Crippen LogP contribution in [0.5, 0.6) is 0 Å². The summed E-state index contributed by atoms with van der Waals surface area (Å²) in [6.45, 7) is 3.40. The van der Waals surface area contributed by atoms with E-state index in [-0.39, 0.29) is 5.60 Å². The lowest BCUT2D eigenvalue weighted by Crippen LogP contribution is -2.36. The number of rotatable bonds is 0. The lowest BCUT2D eigenvalue weighted by molar-refractivity contribution is 0.0785. The van der Waals surface area contributed by atoms with Gasteiger partial charge < -0.3 is 10.0 Å². The molecular formula is C7H11NO. The molecule has 4 bridgehead atoms. The fourth-order valence-corrected chi connectivity index (χ4v) is 2.75. The maximum Gasteiger partial charge on any atom is 0.0850 e. The highest BCUT2D eigenvalue weighted by atomic mass is 16.3. The van der Waals surface area contributed by atoms with Crippen LogP contribution in [0.4, 0.5) is 0 Å². The maximum atomic E-state index is 9.72. The highest BCUT2D eigenvalue weighted by Crippen LogP contribution is 2.60. The van der Waals surface area contributed by atoms with Crippen molar-refractivity contribution in [2.24, 2.45) is 11.8 Å². The van der Waals surface area contributed by atoms with Crippen molar-refractivity contribution in [2.45, 2.75) is 12.0 Å². The third kappa shape index (κ3) is 0.356. The van der Waals surface area contributed by atoms with Crippen LogP contribution in [-0.2, 0) is 0 Å². The second kappa shape index (κ2) is 1.06. The molecule has 2 nitrogen and oxygen atoms in total. The first-order valence-electron chi connectivity index (χ1n) is 3.75. The second-order valence-corrected chi connectivity index (χ2v) is 3.73. The van der Waals surface area contributed by atoms with Crippen molar-refractivity contribution < 1.29 is 5.11 Å². The molecule has 2 heteroatoms. The molecule has 4 fully saturated rings. The van der Waals surface area contributed by atoms with Crippen molar-refractivity contribution in [3.05, 3.63) is 0 Å². The van der Waals surface area contributed by atoms with Crippen LogP contribution < -0.4 is 0 Å². The Bertz CT molecular complexity index is 164. The zero-order valence-electron chi connectivity index (χ0n) is 5.38. The summed E-state index contributed by atoms with van der Waals surface area (Å²) in [7, 11) is 0. The van der Waals surface area contributed by atoms with Crippen LogP contribution in [0.25, 0.3) is 0 Å². The second-order valence-electron chi connectivity index (χ2n) is 3.73. The molecule has 4 atom stereocenters. The molecule has 3 heterocycles. The van der Waals surface area contributed by atoms with Crippen molar-refractivity contribution >= 4 is 0 Å². The molecule has 0 aromatic heterocycles. The van der Waals surface area contributed by atoms with Gasteiger partial charge in [0.2, 0.25) is 0 Å². The smallest absolute Gasteiger partial charge is 0.0850 e. The predicted octanol–water partition coefficient (Wildman–Crippen LogP) is -0.317. The average Bonchev–Trinajstić information content (AvgIpc) is 2.30. The molecule has 3 saturated heterocycles. The molecule has 0 aromatic rings. The Hall–Kier alpha value is -0.0800. The van der Waals surface area contributed by atoms with Gasteiger partial charge in [0.05, 0.1) is 5.60 Å². The first-order valence-corrected chi connectivity index (χ1v) is 3.75. The Morgan fingerprint density at radius 1 is 1.44 bits per heavy atom. The van der Waals surface area contributed by atoms with E-state index in [9.17, 15) is 5.11 Å². The number of aliphatic hydroxyl groups is 1. The van der Waals surface area contributed by atoms with E-state index in [0.717, 1.165) is 6.54 Å². The van der Waals surface area contributed by atoms with E-state index in [4.69, 9.17) is 0 Å². The minimum atomic E-state index is -0.196. The minimum Gasteiger partial charge on any atom is -0.388 e. The molecule has 0 amide bonds. The van der Waals surface area contributed by atoms with Gasteiger partial charge in [-0.25, -0.2) is 0 Å². The molecule has 4 unspecified atom stereocenters. The van der Waals surface area contributed by atoms with Crippen LogP contribution in [0.3, 0.4) is 0 Å². The summed E-state index contributed by atoms with van der Waals surface area (Å²) >= 11 is 0. The van der Waals surface area contributed by atoms with Crippen LogP contribution in [-0.4, -0.2) is 35.2 Å². The Morgan fingerprint density at radius 3 is 2.56 bits per heavy atom. The normalized spacial score (nSPS) is 68.3. The Labute approximate surface area is 54.5 Å². The molecule has 0 aromatic carbocycles. The van der Waals surface area contributed by atoms with Gasteiger partial charge in [-0.05, 0) is 18.9 Å². The van der Waals surface area contributed by atoms with Crippen molar-refractivity contribution in [2.75, 3.05) is 19.6 Å². The summed E-state index contributed by atoms with van der Waals surface area (Å²) in [5.74, 6) is 1.37. The summed E-state index contributed by atoms with van der Waals surface area (Å²) in [5.41, 5.74) is -0.196. The Balaban J connectivity index is 2.02. The Morgan fingerprint density at radius 2 is 2.33 bits per heavy atom. The summed E-state index contributed by atoms with van der Waals surface area (Å²) in [4.78, 5) is 2.38. The minimum absolute atomic E-state index is 0.196. The molecule has 1 saturated carbocycles. The third-order valence-electron chi connectivity index (χ3n) is 3.35. The van der Waals surface area contributed by atoms with Crippen LogP contribution in [0.2, 0.25) is 0 Å². The number of hydrogen-bond donors (Lipinski definition) is 1. The van der Waals surface area contributed by atoms with Crippen molar-refractivity contribution in [1.82, 2.24) is 4.90 Å². The van der Waals surface area contributed by atoms with Crippen molar-refractivity contribution in [3.8, 4) is 0 Å². The fraction of sp³-hybridized carbons (Fsp3) is 1.00. The number of fused-ring (bicyclic) bond motifs is 1. The number of nitrogens with zero attached hydrogens (tertiary/aromatic N) is 1. The van der Waals surface area contributed by atoms with Gasteiger partial charge in [0, 0.05) is 19.0 Å². The van der Waals surface area contributed by atoms with Crippen LogP contribution in [0.1, 0.15) is 6.42 Å². The van der Waals surface area contributed by atoms with Crippen LogP contribution >= 0.6 is 0 Å². The summed E-state index contributed by atoms with van der Waals surface area (Å²) in [5, 5.41) is 9.72. The summed E-state index contributed by atoms with van der Waals surface area (Å²) in [6, 6.07) is 0. The van der Waals surface area contributed by atoms with Crippen LogP contribution in [0, 0.1) is 11.8 Å². The van der Waals surface area contributed by atoms with Crippen molar-refractivity contribution in [3.63, 3.8) is 0 Å². The van der Waals surface area contributed by atoms with Gasteiger partial charge in [0.15, 0.2) is 0 Å². The van der Waals surface area contributed by atoms with Gasteiger partial charge in [-0.1, -0.05) is 0 Å². The predicted molar refractivity (Wildman–Crippen MR) is 33.0 cm³/mol. The molecular weight excluding hydrogens is 114 g/mol. The molecule has 50 valence electrons. The number of piperidine rings is 3. The van der Waals surface area contributed by atoms with Gasteiger partial charge in [-0.3, -0.25) is 0 Å². The maximum absolute atomic E-state index is 9.72. The molecule has 3 aliphatic heterocycles. The SMILES string of the molecule is OC12CN3CCC1C2C3. The topological polar surface area (TPSA) is 23.5 Å². The van der Waals surface area contributed by atoms with E-state index in [0.29, 0.717) is 11.8 Å². The molecule has 0 spiro atoms. The van der Waals surface area contributed by atoms with E-state index in [2.05, 4.69) is 4.90 Å². The molecule has 0 radical (unpaired) electrons. The average molecular weight is 125 g/mol. The standard InChI is InChI=1S/C7H11NO/c9-7-4-8-2-1-5(7)6(7)3-8/h5-6,9H,1-4H2. The van der Waals surface area contributed by atoms with Gasteiger partial charge >= 0.3 is 0 Å². The van der Waals surface area contributed by atoms with E-state index in [1.54, 1.807) is 0 Å². The van der Waals surface area contributed by atoms with Crippen LogP contribution in [0.15, 0.2) is 0 Å². The molecule has 1 N–H and O–H groups in total. The van der Waals surface area contributed by atoms with E-state index in [1.165, 1.54) is 19.5 Å². The van der Waals surface area contributed by atoms with Crippen molar-refractivity contribution in [1.29, 1.82) is 0 Å². The summed E-state index contributed by atoms with van der Waals surface area (Å²) in [6.07, 6.45) is 1.25. The highest BCUT2D eigenvalue weighted by Gasteiger charge is 2.70. The largest absolute Gasteiger partial charge is 0.388 e. The molecule has 1 aliphatic carbocycles. The van der Waals surface area contributed by atoms with E-state index >= 15 is 0 Å². The fourth-order valence-electron chi connectivity index (χ4n) is 2.75. The van der Waals surface area contributed by atoms with Gasteiger partial charge in [0.1, 0.15) is 0 Å². The van der Waals surface area contributed by atoms with Gasteiger partial charge in [0.25, 0.3) is 0 Å². The highest BCUT2D eigenvalue weighted by molar-refractivity contribution is 5.21. The lowest BCUT2D eigenvalue weighted by Gasteiger charge is -2.26. The first-order chi connectivity index (χ1) is 4.31. The van der Waals surface area contributed by atoms with Gasteiger partial charge in [-0.2, -0.15) is 0 Å². The molecule has 9 heavy (non-hydrogen) atoms. The van der Waals surface area contributed by atoms with Gasteiger partial charge in [-0.15, -0.1) is 0 Å². The monoisotopic (exact) mass is 125 g/mol. The number of hydrogen-bond acceptors (Lipinski definition) is 2. The Kier molecular flexibility index (Phi) is 0.552. The molecule has 4 rings (SSSR count). The first kappa shape index (κ1) is 4.69. The lowest BCUT2D eigenvalue weighted by atomic mass is 10.1. The van der Waals surface area contributed by atoms with E-state index in [1.807, 2.05) is 0 Å². The quantitative estimate of drug-likeness (QED) is 0.479. The molecule has 4 aliphatic rings. The van der Waals surface area contributed by atoms with E-state index < -0.39 is 0 Å². The zero-order valence-corrected chi connectivity index (χ0v) is 5.38.